The summed E-state index contributed by atoms with van der Waals surface area (Å²) in [6.07, 6.45) is 0. The van der Waals surface area contributed by atoms with Crippen molar-refractivity contribution in [3.05, 3.63) is 0 Å². The first-order chi connectivity index (χ1) is 9.99. The number of carbonyl (C=O) groups excluding carboxylic acids is 1. The van der Waals surface area contributed by atoms with Gasteiger partial charge in [-0.3, -0.25) is 4.90 Å². The Kier molecular flexibility index (Phi) is 8.03. The molecule has 1 aliphatic heterocycles. The summed E-state index contributed by atoms with van der Waals surface area (Å²) >= 11 is 0. The molecule has 0 aromatic heterocycles. The quantitative estimate of drug-likeness (QED) is 0.558. The van der Waals surface area contributed by atoms with E-state index >= 15 is 0 Å². The van der Waals surface area contributed by atoms with Gasteiger partial charge in [0.2, 0.25) is 0 Å². The lowest BCUT2D eigenvalue weighted by molar-refractivity contribution is -0.142. The number of nitrogens with zero attached hydrogens (tertiary/aromatic N) is 3. The van der Waals surface area contributed by atoms with Gasteiger partial charge in [-0.2, -0.15) is 0 Å². The highest BCUT2D eigenvalue weighted by Gasteiger charge is 2.20. The van der Waals surface area contributed by atoms with Gasteiger partial charge in [0.05, 0.1) is 6.61 Å². The number of carbonyl (C=O) groups is 2. The molecule has 0 bridgehead atoms. The van der Waals surface area contributed by atoms with Crippen molar-refractivity contribution in [3.8, 4) is 0 Å². The summed E-state index contributed by atoms with van der Waals surface area (Å²) in [4.78, 5) is 28.4. The van der Waals surface area contributed by atoms with Crippen LogP contribution in [-0.2, 0) is 9.53 Å². The average Bonchev–Trinajstić information content (AvgIpc) is 2.44. The van der Waals surface area contributed by atoms with E-state index in [2.05, 4.69) is 29.2 Å². The van der Waals surface area contributed by atoms with E-state index < -0.39 is 5.97 Å². The van der Waals surface area contributed by atoms with Crippen molar-refractivity contribution in [1.29, 1.82) is 0 Å². The van der Waals surface area contributed by atoms with Crippen molar-refractivity contribution in [2.24, 2.45) is 0 Å². The largest absolute Gasteiger partial charge is 0.480 e. The number of ether oxygens (including phenoxy) is 1. The first-order valence-electron chi connectivity index (χ1n) is 7.18. The highest BCUT2D eigenvalue weighted by atomic mass is 16.5. The Morgan fingerprint density at radius 2 is 1.90 bits per heavy atom. The first-order valence-corrected chi connectivity index (χ1v) is 7.18. The highest BCUT2D eigenvalue weighted by Crippen LogP contribution is 2.01. The fraction of sp³-hybridized carbons (Fsp3) is 0.846. The Morgan fingerprint density at radius 1 is 1.24 bits per heavy atom. The molecule has 8 heteroatoms. The molecular weight excluding hydrogens is 276 g/mol. The molecule has 1 aliphatic rings. The van der Waals surface area contributed by atoms with Crippen LogP contribution >= 0.6 is 0 Å². The van der Waals surface area contributed by atoms with Gasteiger partial charge in [-0.25, -0.2) is 9.59 Å². The van der Waals surface area contributed by atoms with Crippen LogP contribution in [0.1, 0.15) is 0 Å². The normalized spacial score (nSPS) is 16.2. The van der Waals surface area contributed by atoms with Crippen LogP contribution in [0.25, 0.3) is 0 Å². The summed E-state index contributed by atoms with van der Waals surface area (Å²) in [5.41, 5.74) is 0. The van der Waals surface area contributed by atoms with Gasteiger partial charge in [-0.15, -0.1) is 0 Å². The van der Waals surface area contributed by atoms with Gasteiger partial charge in [0.1, 0.15) is 6.61 Å². The Labute approximate surface area is 125 Å². The van der Waals surface area contributed by atoms with Crippen molar-refractivity contribution >= 4 is 12.0 Å². The van der Waals surface area contributed by atoms with Crippen LogP contribution in [-0.4, -0.2) is 105 Å². The Bertz CT molecular complexity index is 330. The SMILES string of the molecule is CN(C)CCN1CCN(C(=O)NCCOCC(=O)O)CC1. The maximum absolute atomic E-state index is 11.9. The monoisotopic (exact) mass is 302 g/mol. The van der Waals surface area contributed by atoms with Gasteiger partial charge in [0.15, 0.2) is 0 Å². The van der Waals surface area contributed by atoms with E-state index in [1.54, 1.807) is 4.90 Å². The molecule has 0 saturated carbocycles. The standard InChI is InChI=1S/C13H26N4O4/c1-15(2)4-5-16-6-8-17(9-7-16)13(20)14-3-10-21-11-12(18)19/h3-11H2,1-2H3,(H,14,20)(H,18,19). The molecule has 0 spiro atoms. The number of urea groups is 1. The molecule has 2 amide bonds. The lowest BCUT2D eigenvalue weighted by Crippen LogP contribution is -2.53. The second-order valence-electron chi connectivity index (χ2n) is 5.31. The number of amides is 2. The molecule has 1 fully saturated rings. The van der Waals surface area contributed by atoms with Crippen LogP contribution in [0.3, 0.4) is 0 Å². The minimum Gasteiger partial charge on any atom is -0.480 e. The number of carboxylic acid groups (broad SMARTS) is 1. The summed E-state index contributed by atoms with van der Waals surface area (Å²) < 4.78 is 4.86. The van der Waals surface area contributed by atoms with Gasteiger partial charge in [-0.1, -0.05) is 0 Å². The van der Waals surface area contributed by atoms with Gasteiger partial charge in [0.25, 0.3) is 0 Å². The van der Waals surface area contributed by atoms with Crippen LogP contribution in [0.5, 0.6) is 0 Å². The van der Waals surface area contributed by atoms with Crippen LogP contribution in [0.15, 0.2) is 0 Å². The fourth-order valence-electron chi connectivity index (χ4n) is 2.02. The Morgan fingerprint density at radius 3 is 2.48 bits per heavy atom. The van der Waals surface area contributed by atoms with E-state index in [1.165, 1.54) is 0 Å². The molecule has 1 saturated heterocycles. The average molecular weight is 302 g/mol. The van der Waals surface area contributed by atoms with E-state index in [9.17, 15) is 9.59 Å². The molecule has 0 atom stereocenters. The first kappa shape index (κ1) is 17.7. The van der Waals surface area contributed by atoms with Crippen molar-refractivity contribution in [1.82, 2.24) is 20.0 Å². The van der Waals surface area contributed by atoms with Gasteiger partial charge in [0, 0.05) is 45.8 Å². The van der Waals surface area contributed by atoms with Crippen molar-refractivity contribution < 1.29 is 19.4 Å². The van der Waals surface area contributed by atoms with E-state index in [0.29, 0.717) is 6.54 Å². The number of carboxylic acids is 1. The Balaban J connectivity index is 2.10. The van der Waals surface area contributed by atoms with Crippen LogP contribution < -0.4 is 5.32 Å². The van der Waals surface area contributed by atoms with Gasteiger partial charge in [-0.05, 0) is 14.1 Å². The number of hydrogen-bond acceptors (Lipinski definition) is 5. The smallest absolute Gasteiger partial charge is 0.329 e. The number of aliphatic carboxylic acids is 1. The van der Waals surface area contributed by atoms with Crippen LogP contribution in [0.4, 0.5) is 4.79 Å². The third-order valence-corrected chi connectivity index (χ3v) is 3.27. The number of hydrogen-bond donors (Lipinski definition) is 2. The third-order valence-electron chi connectivity index (χ3n) is 3.27. The molecular formula is C13H26N4O4. The van der Waals surface area contributed by atoms with E-state index in [4.69, 9.17) is 9.84 Å². The minimum absolute atomic E-state index is 0.110. The zero-order chi connectivity index (χ0) is 15.7. The summed E-state index contributed by atoms with van der Waals surface area (Å²) in [5.74, 6) is -1.00. The molecule has 8 nitrogen and oxygen atoms in total. The van der Waals surface area contributed by atoms with Gasteiger partial charge < -0.3 is 25.0 Å². The lowest BCUT2D eigenvalue weighted by atomic mass is 10.3. The molecule has 0 aliphatic carbocycles. The molecule has 1 heterocycles. The van der Waals surface area contributed by atoms with Crippen LogP contribution in [0, 0.1) is 0 Å². The number of likely N-dealkylation sites (N-methyl/N-ethyl adjacent to an activating group) is 1. The molecule has 0 aromatic rings. The second-order valence-corrected chi connectivity index (χ2v) is 5.31. The molecule has 0 aromatic carbocycles. The Hall–Kier alpha value is -1.38. The predicted octanol–water partition coefficient (Wildman–Crippen LogP) is -1.02. The molecule has 21 heavy (non-hydrogen) atoms. The topological polar surface area (TPSA) is 85.4 Å². The van der Waals surface area contributed by atoms with Crippen molar-refractivity contribution in [2.75, 3.05) is 73.1 Å². The number of piperazine rings is 1. The van der Waals surface area contributed by atoms with E-state index in [1.807, 2.05) is 0 Å². The molecule has 0 unspecified atom stereocenters. The summed E-state index contributed by atoms with van der Waals surface area (Å²) in [6, 6.07) is -0.110. The number of nitrogens with one attached hydrogen (secondary N) is 1. The summed E-state index contributed by atoms with van der Waals surface area (Å²) in [5, 5.41) is 11.1. The fourth-order valence-corrected chi connectivity index (χ4v) is 2.02. The van der Waals surface area contributed by atoms with Crippen LogP contribution in [0.2, 0.25) is 0 Å². The summed E-state index contributed by atoms with van der Waals surface area (Å²) in [6.45, 7) is 5.45. The maximum Gasteiger partial charge on any atom is 0.329 e. The van der Waals surface area contributed by atoms with Gasteiger partial charge >= 0.3 is 12.0 Å². The zero-order valence-electron chi connectivity index (χ0n) is 12.9. The third kappa shape index (κ3) is 7.84. The van der Waals surface area contributed by atoms with E-state index in [0.717, 1.165) is 39.3 Å². The number of rotatable bonds is 8. The molecule has 122 valence electrons. The lowest BCUT2D eigenvalue weighted by Gasteiger charge is -2.35. The second kappa shape index (κ2) is 9.54. The molecule has 2 N–H and O–H groups in total. The van der Waals surface area contributed by atoms with E-state index in [-0.39, 0.29) is 19.2 Å². The highest BCUT2D eigenvalue weighted by molar-refractivity contribution is 5.74. The molecule has 1 rings (SSSR count). The summed E-state index contributed by atoms with van der Waals surface area (Å²) in [7, 11) is 4.10. The predicted molar refractivity (Wildman–Crippen MR) is 78.4 cm³/mol. The van der Waals surface area contributed by atoms with Crippen molar-refractivity contribution in [2.45, 2.75) is 0 Å². The maximum atomic E-state index is 11.9. The molecule has 0 radical (unpaired) electrons. The minimum atomic E-state index is -1.00. The zero-order valence-corrected chi connectivity index (χ0v) is 12.9. The van der Waals surface area contributed by atoms with Crippen molar-refractivity contribution in [3.63, 3.8) is 0 Å².